The number of hydrogen-bond acceptors (Lipinski definition) is 6. The number of nitrogens with zero attached hydrogens (tertiary/aromatic N) is 2. The first-order chi connectivity index (χ1) is 21.4. The second-order valence-corrected chi connectivity index (χ2v) is 12.4. The summed E-state index contributed by atoms with van der Waals surface area (Å²) in [5, 5.41) is 0. The zero-order chi connectivity index (χ0) is 33.0. The zero-order valence-electron chi connectivity index (χ0n) is 28.0. The number of allylic oxidation sites excluding steroid dienone is 4. The van der Waals surface area contributed by atoms with Crippen molar-refractivity contribution in [2.24, 2.45) is 9.98 Å². The van der Waals surface area contributed by atoms with Crippen molar-refractivity contribution in [2.45, 2.75) is 93.4 Å². The van der Waals surface area contributed by atoms with Crippen molar-refractivity contribution >= 4 is 50.4 Å². The van der Waals surface area contributed by atoms with E-state index >= 15 is 0 Å². The summed E-state index contributed by atoms with van der Waals surface area (Å²) in [6.07, 6.45) is 8.15. The number of ether oxygens (including phenoxy) is 2. The van der Waals surface area contributed by atoms with E-state index in [1.807, 2.05) is 0 Å². The van der Waals surface area contributed by atoms with Crippen molar-refractivity contribution in [2.75, 3.05) is 14.2 Å². The van der Waals surface area contributed by atoms with Gasteiger partial charge in [-0.05, 0) is 133 Å². The fourth-order valence-corrected chi connectivity index (χ4v) is 7.00. The lowest BCUT2D eigenvalue weighted by Gasteiger charge is -2.09. The largest absolute Gasteiger partial charge is 0.469 e. The monoisotopic (exact) mass is 676 g/mol. The molecule has 8 nitrogen and oxygen atoms in total. The molecule has 2 aromatic heterocycles. The highest BCUT2D eigenvalue weighted by Gasteiger charge is 2.26. The normalized spacial score (nSPS) is 16.8. The van der Waals surface area contributed by atoms with E-state index in [9.17, 15) is 9.59 Å². The Balaban J connectivity index is 1.80. The second-order valence-electron chi connectivity index (χ2n) is 11.7. The Labute approximate surface area is 275 Å². The number of rotatable bonds is 12. The number of halogens is 1. The molecule has 0 amide bonds. The molecule has 0 unspecified atom stereocenters. The molecule has 0 aromatic carbocycles. The SMILES string of the molecule is CCC1=C(C)/C(=C/c2[nH]c(CC3=N/C(=C\c4[nH]c(C)c(C)c4CC)C(C)=C3CCC(=O)OC)c(CCC(=O)OC)c2C)N=C1Br. The number of H-pyrrole nitrogens is 2. The number of carbonyl (C=O) groups excluding carboxylic acids is 2. The van der Waals surface area contributed by atoms with Gasteiger partial charge in [0.2, 0.25) is 0 Å². The van der Waals surface area contributed by atoms with Crippen LogP contribution < -0.4 is 0 Å². The summed E-state index contributed by atoms with van der Waals surface area (Å²) < 4.78 is 10.8. The van der Waals surface area contributed by atoms with Crippen LogP contribution in [0.1, 0.15) is 98.4 Å². The number of aromatic nitrogens is 2. The average molecular weight is 678 g/mol. The summed E-state index contributed by atoms with van der Waals surface area (Å²) in [6.45, 7) is 14.8. The fraction of sp³-hybridized carbons (Fsp3) is 0.444. The molecule has 0 aliphatic carbocycles. The van der Waals surface area contributed by atoms with Gasteiger partial charge in [-0.15, -0.1) is 0 Å². The summed E-state index contributed by atoms with van der Waals surface area (Å²) in [5.41, 5.74) is 16.0. The van der Waals surface area contributed by atoms with Gasteiger partial charge >= 0.3 is 11.9 Å². The maximum atomic E-state index is 12.2. The molecule has 0 spiro atoms. The Hall–Kier alpha value is -3.72. The van der Waals surface area contributed by atoms with E-state index in [0.717, 1.165) is 85.2 Å². The van der Waals surface area contributed by atoms with Crippen molar-refractivity contribution in [3.63, 3.8) is 0 Å². The summed E-state index contributed by atoms with van der Waals surface area (Å²) in [7, 11) is 2.83. The van der Waals surface area contributed by atoms with E-state index in [1.54, 1.807) is 0 Å². The molecule has 2 N–H and O–H groups in total. The topological polar surface area (TPSA) is 109 Å². The molecule has 0 radical (unpaired) electrons. The molecular weight excluding hydrogens is 632 g/mol. The van der Waals surface area contributed by atoms with Crippen molar-refractivity contribution in [3.05, 3.63) is 78.7 Å². The van der Waals surface area contributed by atoms with Gasteiger partial charge in [0.25, 0.3) is 0 Å². The van der Waals surface area contributed by atoms with Crippen LogP contribution in [0.4, 0.5) is 0 Å². The Kier molecular flexibility index (Phi) is 11.1. The molecular formula is C36H45BrN4O4. The highest BCUT2D eigenvalue weighted by atomic mass is 79.9. The molecule has 4 heterocycles. The maximum Gasteiger partial charge on any atom is 0.305 e. The molecule has 0 bridgehead atoms. The lowest BCUT2D eigenvalue weighted by Crippen LogP contribution is -2.10. The number of carbonyl (C=O) groups is 2. The third-order valence-corrected chi connectivity index (χ3v) is 9.80. The highest BCUT2D eigenvalue weighted by Crippen LogP contribution is 2.35. The minimum Gasteiger partial charge on any atom is -0.469 e. The number of nitrogens with one attached hydrogen (secondary N) is 2. The third-order valence-electron chi connectivity index (χ3n) is 9.14. The van der Waals surface area contributed by atoms with Gasteiger partial charge in [-0.3, -0.25) is 14.6 Å². The minimum atomic E-state index is -0.252. The quantitative estimate of drug-likeness (QED) is 0.221. The van der Waals surface area contributed by atoms with Gasteiger partial charge in [-0.25, -0.2) is 4.99 Å². The van der Waals surface area contributed by atoms with Gasteiger partial charge in [0.05, 0.1) is 31.3 Å². The van der Waals surface area contributed by atoms with Gasteiger partial charge in [0.15, 0.2) is 0 Å². The molecule has 45 heavy (non-hydrogen) atoms. The van der Waals surface area contributed by atoms with Crippen LogP contribution in [-0.2, 0) is 38.3 Å². The van der Waals surface area contributed by atoms with E-state index in [0.29, 0.717) is 19.3 Å². The Morgan fingerprint density at radius 1 is 0.756 bits per heavy atom. The van der Waals surface area contributed by atoms with Crippen LogP contribution >= 0.6 is 15.9 Å². The molecule has 4 rings (SSSR count). The predicted molar refractivity (Wildman–Crippen MR) is 186 cm³/mol. The molecule has 2 aromatic rings. The van der Waals surface area contributed by atoms with Gasteiger partial charge in [-0.2, -0.15) is 0 Å². The standard InChI is InChI=1S/C36H45BrN4O4/c1-10-24-19(3)23(7)38-31(24)17-29-22(6)27(13-15-35(43)45-9)33(40-29)18-32-26(12-14-34(42)44-8)21(5)28(39-32)16-30-20(4)25(11-2)36(37)41-30/h16-17,38-39H,10-15,18H2,1-9H3/b29-17-,30-16-. The van der Waals surface area contributed by atoms with Crippen LogP contribution in [0.2, 0.25) is 0 Å². The first-order valence-corrected chi connectivity index (χ1v) is 16.4. The Bertz CT molecular complexity index is 1710. The van der Waals surface area contributed by atoms with Gasteiger partial charge < -0.3 is 19.4 Å². The van der Waals surface area contributed by atoms with Gasteiger partial charge in [0.1, 0.15) is 4.62 Å². The average Bonchev–Trinajstić information content (AvgIpc) is 3.66. The predicted octanol–water partition coefficient (Wildman–Crippen LogP) is 8.12. The highest BCUT2D eigenvalue weighted by molar-refractivity contribution is 9.18. The minimum absolute atomic E-state index is 0.252. The summed E-state index contributed by atoms with van der Waals surface area (Å²) in [4.78, 5) is 41.5. The first-order valence-electron chi connectivity index (χ1n) is 15.6. The molecule has 2 aliphatic heterocycles. The van der Waals surface area contributed by atoms with Gasteiger partial charge in [-0.1, -0.05) is 13.8 Å². The molecule has 9 heteroatoms. The molecule has 0 saturated carbocycles. The van der Waals surface area contributed by atoms with E-state index in [-0.39, 0.29) is 24.8 Å². The van der Waals surface area contributed by atoms with Crippen LogP contribution in [0, 0.1) is 20.8 Å². The zero-order valence-corrected chi connectivity index (χ0v) is 29.6. The maximum absolute atomic E-state index is 12.2. The van der Waals surface area contributed by atoms with Crippen LogP contribution in [0.25, 0.3) is 12.2 Å². The number of aryl methyl sites for hydroxylation is 1. The Morgan fingerprint density at radius 3 is 1.96 bits per heavy atom. The van der Waals surface area contributed by atoms with Crippen molar-refractivity contribution < 1.29 is 19.1 Å². The number of methoxy groups -OCH3 is 2. The smallest absolute Gasteiger partial charge is 0.305 e. The van der Waals surface area contributed by atoms with E-state index < -0.39 is 0 Å². The van der Waals surface area contributed by atoms with Crippen LogP contribution in [0.15, 0.2) is 43.7 Å². The van der Waals surface area contributed by atoms with Crippen LogP contribution in [0.3, 0.4) is 0 Å². The fourth-order valence-electron chi connectivity index (χ4n) is 6.24. The summed E-state index contributed by atoms with van der Waals surface area (Å²) in [6, 6.07) is 0. The van der Waals surface area contributed by atoms with E-state index in [2.05, 4.69) is 86.5 Å². The van der Waals surface area contributed by atoms with Crippen molar-refractivity contribution in [1.82, 2.24) is 9.97 Å². The summed E-state index contributed by atoms with van der Waals surface area (Å²) >= 11 is 3.62. The van der Waals surface area contributed by atoms with E-state index in [1.165, 1.54) is 30.9 Å². The molecule has 0 saturated heterocycles. The lowest BCUT2D eigenvalue weighted by molar-refractivity contribution is -0.141. The molecule has 0 fully saturated rings. The number of aliphatic imine (C=N–C) groups is 2. The number of hydrogen-bond donors (Lipinski definition) is 2. The van der Waals surface area contributed by atoms with E-state index in [4.69, 9.17) is 19.5 Å². The third kappa shape index (κ3) is 7.24. The number of esters is 2. The first kappa shape index (κ1) is 34.2. The van der Waals surface area contributed by atoms with Crippen molar-refractivity contribution in [1.29, 1.82) is 0 Å². The van der Waals surface area contributed by atoms with Gasteiger partial charge in [0, 0.05) is 42.0 Å². The van der Waals surface area contributed by atoms with Crippen molar-refractivity contribution in [3.8, 4) is 0 Å². The lowest BCUT2D eigenvalue weighted by atomic mass is 9.95. The molecule has 240 valence electrons. The number of aromatic amines is 2. The molecule has 2 aliphatic rings. The van der Waals surface area contributed by atoms with Crippen LogP contribution in [-0.4, -0.2) is 46.5 Å². The molecule has 0 atom stereocenters. The van der Waals surface area contributed by atoms with Crippen LogP contribution in [0.5, 0.6) is 0 Å². The Morgan fingerprint density at radius 2 is 1.36 bits per heavy atom. The summed E-state index contributed by atoms with van der Waals surface area (Å²) in [5.74, 6) is -0.504. The second kappa shape index (κ2) is 14.6.